The number of halogens is 2. The van der Waals surface area contributed by atoms with E-state index in [9.17, 15) is 18.4 Å². The number of amides is 1. The summed E-state index contributed by atoms with van der Waals surface area (Å²) in [5, 5.41) is 11.1. The molecular weight excluding hydrogens is 294 g/mol. The van der Waals surface area contributed by atoms with Crippen molar-refractivity contribution in [2.45, 2.75) is 25.8 Å². The van der Waals surface area contributed by atoms with E-state index in [0.29, 0.717) is 6.07 Å². The second-order valence-corrected chi connectivity index (χ2v) is 4.82. The minimum atomic E-state index is -0.999. The van der Waals surface area contributed by atoms with E-state index >= 15 is 0 Å². The van der Waals surface area contributed by atoms with Crippen molar-refractivity contribution in [3.05, 3.63) is 35.4 Å². The van der Waals surface area contributed by atoms with Gasteiger partial charge >= 0.3 is 5.97 Å². The van der Waals surface area contributed by atoms with E-state index in [1.165, 1.54) is 7.11 Å². The fourth-order valence-corrected chi connectivity index (χ4v) is 1.88. The smallest absolute Gasteiger partial charge is 0.328 e. The van der Waals surface area contributed by atoms with Crippen molar-refractivity contribution in [3.8, 4) is 6.07 Å². The van der Waals surface area contributed by atoms with Crippen LogP contribution in [0.4, 0.5) is 8.78 Å². The number of esters is 1. The predicted molar refractivity (Wildman–Crippen MR) is 73.4 cm³/mol. The molecular formula is C15H16F2N2O3. The fourth-order valence-electron chi connectivity index (χ4n) is 1.88. The van der Waals surface area contributed by atoms with Crippen LogP contribution in [0, 0.1) is 28.9 Å². The van der Waals surface area contributed by atoms with Crippen LogP contribution in [0.15, 0.2) is 18.2 Å². The SMILES string of the molecule is COC(=O)[C@@H](NC(=O)Cc1ccc(F)cc1F)[C@@H](C)CC#N. The third-order valence-electron chi connectivity index (χ3n) is 3.12. The number of rotatable bonds is 6. The van der Waals surface area contributed by atoms with Crippen LogP contribution in [0.2, 0.25) is 0 Å². The first-order valence-electron chi connectivity index (χ1n) is 6.57. The zero-order valence-electron chi connectivity index (χ0n) is 12.2. The van der Waals surface area contributed by atoms with E-state index in [1.807, 2.05) is 6.07 Å². The van der Waals surface area contributed by atoms with Crippen molar-refractivity contribution in [2.24, 2.45) is 5.92 Å². The predicted octanol–water partition coefficient (Wildman–Crippen LogP) is 1.71. The Morgan fingerprint density at radius 3 is 2.64 bits per heavy atom. The molecule has 1 N–H and O–H groups in total. The van der Waals surface area contributed by atoms with Crippen LogP contribution < -0.4 is 5.32 Å². The molecule has 7 heteroatoms. The molecule has 1 aromatic rings. The molecule has 0 aromatic heterocycles. The van der Waals surface area contributed by atoms with Crippen LogP contribution in [-0.2, 0) is 20.7 Å². The van der Waals surface area contributed by atoms with Gasteiger partial charge in [0.1, 0.15) is 17.7 Å². The lowest BCUT2D eigenvalue weighted by Gasteiger charge is -2.21. The second-order valence-electron chi connectivity index (χ2n) is 4.82. The molecule has 0 heterocycles. The van der Waals surface area contributed by atoms with Gasteiger partial charge in [0.05, 0.1) is 19.6 Å². The average Bonchev–Trinajstić information content (AvgIpc) is 2.47. The maximum atomic E-state index is 13.5. The van der Waals surface area contributed by atoms with Crippen molar-refractivity contribution in [3.63, 3.8) is 0 Å². The van der Waals surface area contributed by atoms with Gasteiger partial charge in [-0.15, -0.1) is 0 Å². The molecule has 0 spiro atoms. The Kier molecular flexibility index (Phi) is 6.45. The van der Waals surface area contributed by atoms with Crippen molar-refractivity contribution < 1.29 is 23.1 Å². The molecule has 1 amide bonds. The number of ether oxygens (including phenoxy) is 1. The van der Waals surface area contributed by atoms with Crippen molar-refractivity contribution in [1.82, 2.24) is 5.32 Å². The Labute approximate surface area is 126 Å². The summed E-state index contributed by atoms with van der Waals surface area (Å²) in [6.45, 7) is 1.61. The summed E-state index contributed by atoms with van der Waals surface area (Å²) in [6.07, 6.45) is -0.302. The summed E-state index contributed by atoms with van der Waals surface area (Å²) in [6, 6.07) is 3.79. The first-order chi connectivity index (χ1) is 10.4. The van der Waals surface area contributed by atoms with E-state index in [2.05, 4.69) is 10.1 Å². The fraction of sp³-hybridized carbons (Fsp3) is 0.400. The van der Waals surface area contributed by atoms with E-state index in [1.54, 1.807) is 6.92 Å². The van der Waals surface area contributed by atoms with E-state index in [0.717, 1.165) is 12.1 Å². The lowest BCUT2D eigenvalue weighted by Crippen LogP contribution is -2.46. The molecule has 5 nitrogen and oxygen atoms in total. The molecule has 0 aliphatic carbocycles. The van der Waals surface area contributed by atoms with Crippen LogP contribution in [-0.4, -0.2) is 25.0 Å². The summed E-state index contributed by atoms with van der Waals surface area (Å²) in [4.78, 5) is 23.6. The Morgan fingerprint density at radius 1 is 1.41 bits per heavy atom. The number of methoxy groups -OCH3 is 1. The molecule has 118 valence electrons. The van der Waals surface area contributed by atoms with Gasteiger partial charge in [0, 0.05) is 18.4 Å². The van der Waals surface area contributed by atoms with Crippen LogP contribution in [0.25, 0.3) is 0 Å². The minimum Gasteiger partial charge on any atom is -0.467 e. The Hall–Kier alpha value is -2.49. The molecule has 0 saturated heterocycles. The topological polar surface area (TPSA) is 79.2 Å². The number of nitrogens with zero attached hydrogens (tertiary/aromatic N) is 1. The summed E-state index contributed by atoms with van der Waals surface area (Å²) in [7, 11) is 1.17. The molecule has 0 unspecified atom stereocenters. The van der Waals surface area contributed by atoms with E-state index in [4.69, 9.17) is 5.26 Å². The molecule has 0 fully saturated rings. The number of hydrogen-bond acceptors (Lipinski definition) is 4. The quantitative estimate of drug-likeness (QED) is 0.811. The summed E-state index contributed by atoms with van der Waals surface area (Å²) in [5.74, 6) is -3.34. The molecule has 1 rings (SSSR count). The first kappa shape index (κ1) is 17.6. The van der Waals surface area contributed by atoms with Gasteiger partial charge < -0.3 is 10.1 Å². The highest BCUT2D eigenvalue weighted by Crippen LogP contribution is 2.12. The number of carbonyl (C=O) groups excluding carboxylic acids is 2. The highest BCUT2D eigenvalue weighted by molar-refractivity contribution is 5.85. The summed E-state index contributed by atoms with van der Waals surface area (Å²) >= 11 is 0. The largest absolute Gasteiger partial charge is 0.467 e. The number of nitriles is 1. The van der Waals surface area contributed by atoms with Gasteiger partial charge in [-0.25, -0.2) is 13.6 Å². The van der Waals surface area contributed by atoms with Gasteiger partial charge in [-0.1, -0.05) is 13.0 Å². The summed E-state index contributed by atoms with van der Waals surface area (Å²) in [5.41, 5.74) is 0.00968. The zero-order chi connectivity index (χ0) is 16.7. The van der Waals surface area contributed by atoms with Gasteiger partial charge in [-0.3, -0.25) is 4.79 Å². The third-order valence-corrected chi connectivity index (χ3v) is 3.12. The standard InChI is InChI=1S/C15H16F2N2O3/c1-9(5-6-18)14(15(21)22-2)19-13(20)7-10-3-4-11(16)8-12(10)17/h3-4,8-9,14H,5,7H2,1-2H3,(H,19,20)/t9-,14-/m0/s1. The molecule has 1 aromatic carbocycles. The van der Waals surface area contributed by atoms with Gasteiger partial charge in [0.25, 0.3) is 0 Å². The molecule has 22 heavy (non-hydrogen) atoms. The van der Waals surface area contributed by atoms with Gasteiger partial charge in [0.2, 0.25) is 5.91 Å². The maximum absolute atomic E-state index is 13.5. The minimum absolute atomic E-state index is 0.00968. The maximum Gasteiger partial charge on any atom is 0.328 e. The van der Waals surface area contributed by atoms with Crippen molar-refractivity contribution in [2.75, 3.05) is 7.11 Å². The zero-order valence-corrected chi connectivity index (χ0v) is 12.2. The van der Waals surface area contributed by atoms with Gasteiger partial charge in [-0.05, 0) is 11.6 Å². The average molecular weight is 310 g/mol. The molecule has 0 radical (unpaired) electrons. The summed E-state index contributed by atoms with van der Waals surface area (Å²) < 4.78 is 30.9. The van der Waals surface area contributed by atoms with Gasteiger partial charge in [-0.2, -0.15) is 5.26 Å². The number of nitrogens with one attached hydrogen (secondary N) is 1. The highest BCUT2D eigenvalue weighted by atomic mass is 19.1. The van der Waals surface area contributed by atoms with Crippen LogP contribution in [0.1, 0.15) is 18.9 Å². The highest BCUT2D eigenvalue weighted by Gasteiger charge is 2.27. The van der Waals surface area contributed by atoms with Crippen LogP contribution in [0.5, 0.6) is 0 Å². The third kappa shape index (κ3) is 4.81. The normalized spacial score (nSPS) is 12.9. The second kappa shape index (κ2) is 8.08. The lowest BCUT2D eigenvalue weighted by atomic mass is 9.98. The number of hydrogen-bond donors (Lipinski definition) is 1. The van der Waals surface area contributed by atoms with Crippen LogP contribution in [0.3, 0.4) is 0 Å². The van der Waals surface area contributed by atoms with Crippen LogP contribution >= 0.6 is 0 Å². The Bertz CT molecular complexity index is 599. The van der Waals surface area contributed by atoms with Crippen molar-refractivity contribution >= 4 is 11.9 Å². The molecule has 0 aliphatic rings. The van der Waals surface area contributed by atoms with Crippen molar-refractivity contribution in [1.29, 1.82) is 5.26 Å². The number of benzene rings is 1. The molecule has 0 aliphatic heterocycles. The number of carbonyl (C=O) groups is 2. The molecule has 0 bridgehead atoms. The van der Waals surface area contributed by atoms with E-state index in [-0.39, 0.29) is 18.4 Å². The molecule has 2 atom stereocenters. The Morgan fingerprint density at radius 2 is 2.09 bits per heavy atom. The first-order valence-corrected chi connectivity index (χ1v) is 6.57. The monoisotopic (exact) mass is 310 g/mol. The van der Waals surface area contributed by atoms with E-state index < -0.39 is 35.5 Å². The molecule has 0 saturated carbocycles. The van der Waals surface area contributed by atoms with Gasteiger partial charge in [0.15, 0.2) is 0 Å². The Balaban J connectivity index is 2.78. The lowest BCUT2D eigenvalue weighted by molar-refractivity contribution is -0.146.